The number of benzene rings is 2. The number of amides is 1. The van der Waals surface area contributed by atoms with E-state index in [4.69, 9.17) is 4.74 Å². The molecular weight excluding hydrogens is 300 g/mol. The van der Waals surface area contributed by atoms with Gasteiger partial charge in [-0.2, -0.15) is 0 Å². The third-order valence-corrected chi connectivity index (χ3v) is 4.04. The molecule has 2 aromatic rings. The number of carbonyl (C=O) groups excluding carboxylic acids is 1. The fraction of sp³-hybridized carbons (Fsp3) is 0.278. The predicted molar refractivity (Wildman–Crippen MR) is 82.1 cm³/mol. The SMILES string of the molecule is CN(Cc1ccc(F)c(F)c1)C(=O)[C@@H]1CCOc2ccccc21. The molecule has 0 saturated carbocycles. The van der Waals surface area contributed by atoms with E-state index in [0.29, 0.717) is 18.6 Å². The number of rotatable bonds is 3. The average Bonchev–Trinajstić information content (AvgIpc) is 2.57. The zero-order valence-electron chi connectivity index (χ0n) is 12.8. The van der Waals surface area contributed by atoms with Gasteiger partial charge in [-0.05, 0) is 30.2 Å². The summed E-state index contributed by atoms with van der Waals surface area (Å²) in [5.41, 5.74) is 1.43. The molecule has 0 aromatic heterocycles. The Labute approximate surface area is 133 Å². The number of hydrogen-bond acceptors (Lipinski definition) is 2. The molecule has 0 saturated heterocycles. The first-order valence-electron chi connectivity index (χ1n) is 7.47. The van der Waals surface area contributed by atoms with E-state index in [1.165, 1.54) is 6.07 Å². The van der Waals surface area contributed by atoms with Crippen LogP contribution in [0.4, 0.5) is 8.78 Å². The molecule has 1 atom stereocenters. The normalized spacial score (nSPS) is 16.4. The Morgan fingerprint density at radius 2 is 2.00 bits per heavy atom. The van der Waals surface area contributed by atoms with Gasteiger partial charge in [0.25, 0.3) is 0 Å². The van der Waals surface area contributed by atoms with Crippen molar-refractivity contribution in [1.29, 1.82) is 0 Å². The summed E-state index contributed by atoms with van der Waals surface area (Å²) in [5.74, 6) is -1.38. The molecule has 0 fully saturated rings. The maximum atomic E-state index is 13.3. The largest absolute Gasteiger partial charge is 0.493 e. The number of carbonyl (C=O) groups is 1. The van der Waals surface area contributed by atoms with Crippen LogP contribution in [0, 0.1) is 11.6 Å². The summed E-state index contributed by atoms with van der Waals surface area (Å²) in [5, 5.41) is 0. The van der Waals surface area contributed by atoms with Crippen LogP contribution in [0.1, 0.15) is 23.5 Å². The number of likely N-dealkylation sites (N-methyl/N-ethyl adjacent to an activating group) is 1. The molecule has 0 unspecified atom stereocenters. The van der Waals surface area contributed by atoms with Crippen molar-refractivity contribution in [1.82, 2.24) is 4.90 Å². The molecule has 3 rings (SSSR count). The van der Waals surface area contributed by atoms with Gasteiger partial charge in [0.15, 0.2) is 11.6 Å². The molecule has 0 radical (unpaired) electrons. The van der Waals surface area contributed by atoms with Crippen LogP contribution >= 0.6 is 0 Å². The van der Waals surface area contributed by atoms with Crippen molar-refractivity contribution in [2.45, 2.75) is 18.9 Å². The molecule has 23 heavy (non-hydrogen) atoms. The topological polar surface area (TPSA) is 29.5 Å². The molecule has 1 amide bonds. The Morgan fingerprint density at radius 1 is 1.22 bits per heavy atom. The van der Waals surface area contributed by atoms with Gasteiger partial charge in [0.1, 0.15) is 5.75 Å². The molecule has 3 nitrogen and oxygen atoms in total. The maximum absolute atomic E-state index is 13.3. The van der Waals surface area contributed by atoms with Crippen LogP contribution in [-0.4, -0.2) is 24.5 Å². The molecule has 1 heterocycles. The summed E-state index contributed by atoms with van der Waals surface area (Å²) in [7, 11) is 1.67. The molecule has 0 aliphatic carbocycles. The Kier molecular flexibility index (Phi) is 4.28. The van der Waals surface area contributed by atoms with Gasteiger partial charge in [-0.15, -0.1) is 0 Å². The third-order valence-electron chi connectivity index (χ3n) is 4.04. The highest BCUT2D eigenvalue weighted by molar-refractivity contribution is 5.84. The first kappa shape index (κ1) is 15.5. The molecule has 1 aliphatic rings. The van der Waals surface area contributed by atoms with Crippen LogP contribution in [0.2, 0.25) is 0 Å². The van der Waals surface area contributed by atoms with E-state index < -0.39 is 11.6 Å². The molecule has 0 bridgehead atoms. The molecule has 0 spiro atoms. The van der Waals surface area contributed by atoms with Crippen LogP contribution < -0.4 is 4.74 Å². The highest BCUT2D eigenvalue weighted by Crippen LogP contribution is 2.34. The standard InChI is InChI=1S/C18H17F2NO2/c1-21(11-12-6-7-15(19)16(20)10-12)18(22)14-8-9-23-17-5-3-2-4-13(14)17/h2-7,10,14H,8-9,11H2,1H3/t14-/m1/s1. The van der Waals surface area contributed by atoms with Gasteiger partial charge in [0.05, 0.1) is 12.5 Å². The van der Waals surface area contributed by atoms with Gasteiger partial charge < -0.3 is 9.64 Å². The van der Waals surface area contributed by atoms with Crippen LogP contribution in [0.15, 0.2) is 42.5 Å². The summed E-state index contributed by atoms with van der Waals surface area (Å²) >= 11 is 0. The summed E-state index contributed by atoms with van der Waals surface area (Å²) in [6, 6.07) is 11.2. The summed E-state index contributed by atoms with van der Waals surface area (Å²) in [6.45, 7) is 0.724. The van der Waals surface area contributed by atoms with Crippen LogP contribution in [0.5, 0.6) is 5.75 Å². The number of fused-ring (bicyclic) bond motifs is 1. The summed E-state index contributed by atoms with van der Waals surface area (Å²) < 4.78 is 31.8. The predicted octanol–water partition coefficient (Wildman–Crippen LogP) is 3.49. The van der Waals surface area contributed by atoms with Crippen LogP contribution in [0.3, 0.4) is 0 Å². The molecule has 1 aliphatic heterocycles. The van der Waals surface area contributed by atoms with Gasteiger partial charge in [-0.25, -0.2) is 8.78 Å². The number of hydrogen-bond donors (Lipinski definition) is 0. The number of nitrogens with zero attached hydrogens (tertiary/aromatic N) is 1. The summed E-state index contributed by atoms with van der Waals surface area (Å²) in [4.78, 5) is 14.3. The van der Waals surface area contributed by atoms with Gasteiger partial charge in [-0.3, -0.25) is 4.79 Å². The van der Waals surface area contributed by atoms with Crippen molar-refractivity contribution in [3.63, 3.8) is 0 Å². The van der Waals surface area contributed by atoms with E-state index in [9.17, 15) is 13.6 Å². The highest BCUT2D eigenvalue weighted by atomic mass is 19.2. The fourth-order valence-corrected chi connectivity index (χ4v) is 2.85. The van der Waals surface area contributed by atoms with E-state index in [-0.39, 0.29) is 18.4 Å². The lowest BCUT2D eigenvalue weighted by atomic mass is 9.92. The molecular formula is C18H17F2NO2. The Morgan fingerprint density at radius 3 is 2.78 bits per heavy atom. The van der Waals surface area contributed by atoms with Gasteiger partial charge in [0.2, 0.25) is 5.91 Å². The van der Waals surface area contributed by atoms with E-state index in [1.807, 2.05) is 24.3 Å². The molecule has 0 N–H and O–H groups in total. The Bertz CT molecular complexity index is 733. The van der Waals surface area contributed by atoms with E-state index >= 15 is 0 Å². The van der Waals surface area contributed by atoms with Gasteiger partial charge >= 0.3 is 0 Å². The Hall–Kier alpha value is -2.43. The lowest BCUT2D eigenvalue weighted by Gasteiger charge is -2.28. The Balaban J connectivity index is 1.76. The van der Waals surface area contributed by atoms with E-state index in [1.54, 1.807) is 11.9 Å². The second kappa shape index (κ2) is 6.36. The molecule has 120 valence electrons. The zero-order chi connectivity index (χ0) is 16.4. The smallest absolute Gasteiger partial charge is 0.230 e. The monoisotopic (exact) mass is 317 g/mol. The van der Waals surface area contributed by atoms with Gasteiger partial charge in [-0.1, -0.05) is 24.3 Å². The van der Waals surface area contributed by atoms with Crippen molar-refractivity contribution in [2.24, 2.45) is 0 Å². The first-order chi connectivity index (χ1) is 11.1. The fourth-order valence-electron chi connectivity index (χ4n) is 2.85. The third kappa shape index (κ3) is 3.18. The lowest BCUT2D eigenvalue weighted by Crippen LogP contribution is -2.33. The molecule has 5 heteroatoms. The van der Waals surface area contributed by atoms with Gasteiger partial charge in [0, 0.05) is 19.2 Å². The van der Waals surface area contributed by atoms with E-state index in [0.717, 1.165) is 23.4 Å². The second-order valence-corrected chi connectivity index (χ2v) is 5.67. The average molecular weight is 317 g/mol. The van der Waals surface area contributed by atoms with Crippen molar-refractivity contribution in [2.75, 3.05) is 13.7 Å². The quantitative estimate of drug-likeness (QED) is 0.867. The minimum absolute atomic E-state index is 0.0505. The summed E-state index contributed by atoms with van der Waals surface area (Å²) in [6.07, 6.45) is 0.609. The van der Waals surface area contributed by atoms with Crippen molar-refractivity contribution >= 4 is 5.91 Å². The molecule has 2 aromatic carbocycles. The zero-order valence-corrected chi connectivity index (χ0v) is 12.8. The minimum Gasteiger partial charge on any atom is -0.493 e. The number of ether oxygens (including phenoxy) is 1. The maximum Gasteiger partial charge on any atom is 0.230 e. The number of para-hydroxylation sites is 1. The second-order valence-electron chi connectivity index (χ2n) is 5.67. The van der Waals surface area contributed by atoms with Crippen molar-refractivity contribution in [3.05, 3.63) is 65.2 Å². The minimum atomic E-state index is -0.903. The van der Waals surface area contributed by atoms with Crippen molar-refractivity contribution in [3.8, 4) is 5.75 Å². The number of halogens is 2. The lowest BCUT2D eigenvalue weighted by molar-refractivity contribution is -0.132. The van der Waals surface area contributed by atoms with Crippen LogP contribution in [0.25, 0.3) is 0 Å². The first-order valence-corrected chi connectivity index (χ1v) is 7.47. The highest BCUT2D eigenvalue weighted by Gasteiger charge is 2.29. The van der Waals surface area contributed by atoms with E-state index in [2.05, 4.69) is 0 Å². The van der Waals surface area contributed by atoms with Crippen LogP contribution in [-0.2, 0) is 11.3 Å². The van der Waals surface area contributed by atoms with Crippen molar-refractivity contribution < 1.29 is 18.3 Å².